The van der Waals surface area contributed by atoms with Gasteiger partial charge in [-0.25, -0.2) is 9.59 Å². The third-order valence-corrected chi connectivity index (χ3v) is 5.37. The molecule has 0 aromatic carbocycles. The molecule has 1 fully saturated rings. The summed E-state index contributed by atoms with van der Waals surface area (Å²) in [4.78, 5) is 37.1. The van der Waals surface area contributed by atoms with Crippen LogP contribution >= 0.6 is 0 Å². The predicted molar refractivity (Wildman–Crippen MR) is 94.2 cm³/mol. The van der Waals surface area contributed by atoms with Gasteiger partial charge >= 0.3 is 11.9 Å². The molecule has 3 aliphatic rings. The van der Waals surface area contributed by atoms with E-state index in [1.807, 2.05) is 0 Å². The fourth-order valence-corrected chi connectivity index (χ4v) is 3.41. The molecule has 0 aromatic rings. The zero-order valence-electron chi connectivity index (χ0n) is 15.6. The second-order valence-electron chi connectivity index (χ2n) is 7.14. The number of allylic oxidation sites excluding steroid dienone is 2. The van der Waals surface area contributed by atoms with Gasteiger partial charge in [-0.2, -0.15) is 0 Å². The third kappa shape index (κ3) is 2.92. The normalized spacial score (nSPS) is 37.8. The highest BCUT2D eigenvalue weighted by Gasteiger charge is 2.57. The Kier molecular flexibility index (Phi) is 4.59. The first-order chi connectivity index (χ1) is 12.6. The van der Waals surface area contributed by atoms with Crippen molar-refractivity contribution in [3.8, 4) is 0 Å². The Hall–Kier alpha value is -2.67. The monoisotopic (exact) mass is 374 g/mol. The number of ether oxygens (including phenoxy) is 3. The molecule has 144 valence electrons. The molecule has 7 heteroatoms. The van der Waals surface area contributed by atoms with E-state index in [-0.39, 0.29) is 11.3 Å². The van der Waals surface area contributed by atoms with E-state index in [4.69, 9.17) is 14.2 Å². The summed E-state index contributed by atoms with van der Waals surface area (Å²) < 4.78 is 16.6. The van der Waals surface area contributed by atoms with Gasteiger partial charge in [0.1, 0.15) is 24.1 Å². The minimum Gasteiger partial charge on any atom is -0.476 e. The van der Waals surface area contributed by atoms with E-state index < -0.39 is 47.6 Å². The lowest BCUT2D eigenvalue weighted by atomic mass is 9.80. The quantitative estimate of drug-likeness (QED) is 0.578. The Morgan fingerprint density at radius 3 is 2.70 bits per heavy atom. The molecule has 2 bridgehead atoms. The van der Waals surface area contributed by atoms with Crippen molar-refractivity contribution < 1.29 is 33.7 Å². The van der Waals surface area contributed by atoms with Gasteiger partial charge in [0.05, 0.1) is 5.92 Å². The molecular weight excluding hydrogens is 352 g/mol. The predicted octanol–water partition coefficient (Wildman–Crippen LogP) is 1.52. The largest absolute Gasteiger partial charge is 0.476 e. The van der Waals surface area contributed by atoms with E-state index in [0.717, 1.165) is 0 Å². The van der Waals surface area contributed by atoms with E-state index in [0.29, 0.717) is 11.1 Å². The van der Waals surface area contributed by atoms with Crippen LogP contribution in [0, 0.1) is 5.92 Å². The summed E-state index contributed by atoms with van der Waals surface area (Å²) in [5.74, 6) is -2.32. The van der Waals surface area contributed by atoms with Crippen LogP contribution in [0.25, 0.3) is 0 Å². The van der Waals surface area contributed by atoms with Crippen LogP contribution in [-0.2, 0) is 28.6 Å². The molecule has 5 atom stereocenters. The molecule has 27 heavy (non-hydrogen) atoms. The van der Waals surface area contributed by atoms with Gasteiger partial charge in [-0.1, -0.05) is 12.7 Å². The van der Waals surface area contributed by atoms with E-state index in [1.54, 1.807) is 32.9 Å². The molecule has 0 aliphatic carbocycles. The Balaban J connectivity index is 2.12. The molecule has 0 unspecified atom stereocenters. The Morgan fingerprint density at radius 2 is 2.07 bits per heavy atom. The van der Waals surface area contributed by atoms with Crippen molar-refractivity contribution in [2.45, 2.75) is 51.6 Å². The number of aliphatic hydroxyl groups is 1. The molecule has 1 N–H and O–H groups in total. The number of fused-ring (bicyclic) bond motifs is 3. The average Bonchev–Trinajstić information content (AvgIpc) is 3.08. The number of esters is 2. The zero-order valence-corrected chi connectivity index (χ0v) is 15.6. The summed E-state index contributed by atoms with van der Waals surface area (Å²) in [6, 6.07) is 0. The van der Waals surface area contributed by atoms with E-state index in [1.165, 1.54) is 13.0 Å². The first kappa shape index (κ1) is 19.1. The maximum absolute atomic E-state index is 12.5. The van der Waals surface area contributed by atoms with Crippen molar-refractivity contribution in [2.75, 3.05) is 0 Å². The maximum atomic E-state index is 12.5. The van der Waals surface area contributed by atoms with Crippen molar-refractivity contribution >= 4 is 17.7 Å². The van der Waals surface area contributed by atoms with Gasteiger partial charge in [0, 0.05) is 17.2 Å². The topological polar surface area (TPSA) is 99.1 Å². The average molecular weight is 374 g/mol. The summed E-state index contributed by atoms with van der Waals surface area (Å²) >= 11 is 0. The second-order valence-corrected chi connectivity index (χ2v) is 7.14. The number of hydrogen-bond acceptors (Lipinski definition) is 7. The Labute approximate surface area is 157 Å². The number of rotatable bonds is 2. The highest BCUT2D eigenvalue weighted by Crippen LogP contribution is 2.42. The minimum absolute atomic E-state index is 0.0711. The second kappa shape index (κ2) is 6.49. The molecular formula is C20H22O7. The standard InChI is InChI=1S/C20H22O7/c1-6-9(2)18(23)26-16-15-11(4)19(24)25-13(15)7-10(3)12-8-14(21)20(5,27-12)17(16)22/h6-8,13,15-17,22H,4H2,1-3,5H3/b9-6-,10-7-/t13-,15+,16+,17+,20+/m1/s1. The molecule has 0 spiro atoms. The maximum Gasteiger partial charge on any atom is 0.334 e. The van der Waals surface area contributed by atoms with Crippen molar-refractivity contribution in [1.29, 1.82) is 0 Å². The zero-order chi connectivity index (χ0) is 20.1. The number of hydrogen-bond donors (Lipinski definition) is 1. The fourth-order valence-electron chi connectivity index (χ4n) is 3.41. The SMILES string of the molecule is C=C1C(=O)O[C@@H]2/C=C(/C)C3=CC(=O)[C@](C)(O3)[C@@H](O)[C@@H](OC(=O)/C(C)=C\C)[C@@H]12. The summed E-state index contributed by atoms with van der Waals surface area (Å²) in [6.45, 7) is 10.1. The smallest absolute Gasteiger partial charge is 0.334 e. The van der Waals surface area contributed by atoms with Gasteiger partial charge in [-0.15, -0.1) is 0 Å². The highest BCUT2D eigenvalue weighted by molar-refractivity contribution is 6.00. The number of ketones is 1. The Morgan fingerprint density at radius 1 is 1.41 bits per heavy atom. The van der Waals surface area contributed by atoms with E-state index in [2.05, 4.69) is 6.58 Å². The van der Waals surface area contributed by atoms with Crippen LogP contribution in [0.4, 0.5) is 0 Å². The Bertz CT molecular complexity index is 831. The van der Waals surface area contributed by atoms with Gasteiger partial charge in [0.15, 0.2) is 5.60 Å². The third-order valence-electron chi connectivity index (χ3n) is 5.37. The molecule has 1 saturated heterocycles. The van der Waals surface area contributed by atoms with Gasteiger partial charge < -0.3 is 19.3 Å². The van der Waals surface area contributed by atoms with E-state index >= 15 is 0 Å². The van der Waals surface area contributed by atoms with Gasteiger partial charge in [0.2, 0.25) is 5.78 Å². The molecule has 0 radical (unpaired) electrons. The van der Waals surface area contributed by atoms with Crippen molar-refractivity contribution in [1.82, 2.24) is 0 Å². The van der Waals surface area contributed by atoms with Crippen LogP contribution in [0.5, 0.6) is 0 Å². The molecule has 3 aliphatic heterocycles. The summed E-state index contributed by atoms with van der Waals surface area (Å²) in [5.41, 5.74) is -0.681. The van der Waals surface area contributed by atoms with Crippen LogP contribution in [0.15, 0.2) is 47.3 Å². The van der Waals surface area contributed by atoms with E-state index in [9.17, 15) is 19.5 Å². The molecule has 7 nitrogen and oxygen atoms in total. The fraction of sp³-hybridized carbons (Fsp3) is 0.450. The molecule has 0 saturated carbocycles. The van der Waals surface area contributed by atoms with Crippen molar-refractivity contribution in [3.63, 3.8) is 0 Å². The lowest BCUT2D eigenvalue weighted by Crippen LogP contribution is -2.55. The lowest BCUT2D eigenvalue weighted by Gasteiger charge is -2.36. The number of aliphatic hydroxyl groups excluding tert-OH is 1. The molecule has 0 amide bonds. The lowest BCUT2D eigenvalue weighted by molar-refractivity contribution is -0.175. The van der Waals surface area contributed by atoms with Crippen molar-refractivity contribution in [3.05, 3.63) is 47.3 Å². The van der Waals surface area contributed by atoms with Gasteiger partial charge in [-0.3, -0.25) is 4.79 Å². The van der Waals surface area contributed by atoms with Gasteiger partial charge in [-0.05, 0) is 39.3 Å². The first-order valence-electron chi connectivity index (χ1n) is 8.65. The first-order valence-corrected chi connectivity index (χ1v) is 8.65. The van der Waals surface area contributed by atoms with Crippen LogP contribution in [0.1, 0.15) is 27.7 Å². The van der Waals surface area contributed by atoms with Crippen LogP contribution in [-0.4, -0.2) is 46.7 Å². The van der Waals surface area contributed by atoms with Crippen molar-refractivity contribution in [2.24, 2.45) is 5.92 Å². The number of carbonyl (C=O) groups is 3. The summed E-state index contributed by atoms with van der Waals surface area (Å²) in [5, 5.41) is 11.0. The summed E-state index contributed by atoms with van der Waals surface area (Å²) in [7, 11) is 0. The molecule has 0 aromatic heterocycles. The summed E-state index contributed by atoms with van der Waals surface area (Å²) in [6.07, 6.45) is 0.871. The minimum atomic E-state index is -1.65. The van der Waals surface area contributed by atoms with Crippen LogP contribution in [0.2, 0.25) is 0 Å². The number of carbonyl (C=O) groups excluding carboxylic acids is 3. The van der Waals surface area contributed by atoms with Crippen LogP contribution in [0.3, 0.4) is 0 Å². The van der Waals surface area contributed by atoms with Crippen LogP contribution < -0.4 is 0 Å². The van der Waals surface area contributed by atoms with Gasteiger partial charge in [0.25, 0.3) is 0 Å². The molecule has 3 rings (SSSR count). The highest BCUT2D eigenvalue weighted by atomic mass is 16.6. The molecule has 3 heterocycles.